The predicted molar refractivity (Wildman–Crippen MR) is 52.1 cm³/mol. The molecule has 3 heteroatoms. The third kappa shape index (κ3) is 1.93. The summed E-state index contributed by atoms with van der Waals surface area (Å²) >= 11 is 0. The molecular formula is C10H11FN2. The molecular weight excluding hydrogens is 167 g/mol. The SMILES string of the molecule is Cc1cccc(F)c1/C(N)=C/C=N. The smallest absolute Gasteiger partial charge is 0.132 e. The summed E-state index contributed by atoms with van der Waals surface area (Å²) in [5, 5.41) is 6.82. The van der Waals surface area contributed by atoms with Gasteiger partial charge in [-0.15, -0.1) is 0 Å². The molecule has 1 aromatic rings. The molecule has 3 N–H and O–H groups in total. The maximum atomic E-state index is 13.2. The van der Waals surface area contributed by atoms with E-state index in [1.807, 2.05) is 0 Å². The first kappa shape index (κ1) is 9.45. The first-order chi connectivity index (χ1) is 6.16. The largest absolute Gasteiger partial charge is 0.398 e. The summed E-state index contributed by atoms with van der Waals surface area (Å²) in [5.41, 5.74) is 7.01. The fourth-order valence-electron chi connectivity index (χ4n) is 1.17. The monoisotopic (exact) mass is 178 g/mol. The molecule has 0 heterocycles. The molecule has 1 rings (SSSR count). The van der Waals surface area contributed by atoms with Crippen molar-refractivity contribution in [1.82, 2.24) is 0 Å². The van der Waals surface area contributed by atoms with Gasteiger partial charge in [-0.25, -0.2) is 4.39 Å². The standard InChI is InChI=1S/C10H11FN2/c1-7-3-2-4-8(11)10(7)9(13)5-6-12/h2-6,12H,13H2,1H3/b9-5-,12-6?. The van der Waals surface area contributed by atoms with Crippen LogP contribution < -0.4 is 5.73 Å². The molecule has 0 aliphatic rings. The highest BCUT2D eigenvalue weighted by Gasteiger charge is 2.06. The highest BCUT2D eigenvalue weighted by Crippen LogP contribution is 2.17. The van der Waals surface area contributed by atoms with E-state index in [4.69, 9.17) is 11.1 Å². The summed E-state index contributed by atoms with van der Waals surface area (Å²) in [5.74, 6) is -0.351. The number of nitrogens with two attached hydrogens (primary N) is 1. The van der Waals surface area contributed by atoms with Gasteiger partial charge in [0, 0.05) is 17.5 Å². The number of allylic oxidation sites excluding steroid dienone is 1. The fraction of sp³-hybridized carbons (Fsp3) is 0.100. The van der Waals surface area contributed by atoms with E-state index in [-0.39, 0.29) is 11.5 Å². The lowest BCUT2D eigenvalue weighted by atomic mass is 10.1. The fourth-order valence-corrected chi connectivity index (χ4v) is 1.17. The van der Waals surface area contributed by atoms with Gasteiger partial charge in [0.25, 0.3) is 0 Å². The quantitative estimate of drug-likeness (QED) is 0.669. The van der Waals surface area contributed by atoms with Crippen molar-refractivity contribution in [2.24, 2.45) is 5.73 Å². The lowest BCUT2D eigenvalue weighted by molar-refractivity contribution is 0.622. The van der Waals surface area contributed by atoms with Gasteiger partial charge in [0.1, 0.15) is 5.82 Å². The summed E-state index contributed by atoms with van der Waals surface area (Å²) in [7, 11) is 0. The molecule has 0 spiro atoms. The molecule has 0 aromatic heterocycles. The van der Waals surface area contributed by atoms with Crippen LogP contribution in [-0.4, -0.2) is 6.21 Å². The Morgan fingerprint density at radius 3 is 2.77 bits per heavy atom. The molecule has 1 aromatic carbocycles. The van der Waals surface area contributed by atoms with Crippen LogP contribution in [0.25, 0.3) is 5.70 Å². The molecule has 0 saturated carbocycles. The minimum Gasteiger partial charge on any atom is -0.398 e. The van der Waals surface area contributed by atoms with Crippen LogP contribution >= 0.6 is 0 Å². The predicted octanol–water partition coefficient (Wildman–Crippen LogP) is 2.08. The zero-order chi connectivity index (χ0) is 9.84. The second kappa shape index (κ2) is 3.85. The molecule has 13 heavy (non-hydrogen) atoms. The van der Waals surface area contributed by atoms with Crippen LogP contribution in [0, 0.1) is 18.2 Å². The van der Waals surface area contributed by atoms with E-state index in [0.29, 0.717) is 5.56 Å². The number of nitrogens with one attached hydrogen (secondary N) is 1. The Labute approximate surface area is 76.4 Å². The van der Waals surface area contributed by atoms with E-state index in [0.717, 1.165) is 11.8 Å². The Balaban J connectivity index is 3.27. The third-order valence-corrected chi connectivity index (χ3v) is 1.77. The van der Waals surface area contributed by atoms with Crippen LogP contribution in [0.1, 0.15) is 11.1 Å². The van der Waals surface area contributed by atoms with E-state index in [2.05, 4.69) is 0 Å². The first-order valence-electron chi connectivity index (χ1n) is 3.88. The van der Waals surface area contributed by atoms with Crippen molar-refractivity contribution in [3.05, 3.63) is 41.2 Å². The molecule has 0 saturated heterocycles. The second-order valence-electron chi connectivity index (χ2n) is 2.72. The van der Waals surface area contributed by atoms with Crippen LogP contribution in [0.15, 0.2) is 24.3 Å². The van der Waals surface area contributed by atoms with E-state index in [9.17, 15) is 4.39 Å². The minimum atomic E-state index is -0.351. The molecule has 0 unspecified atom stereocenters. The first-order valence-corrected chi connectivity index (χ1v) is 3.88. The normalized spacial score (nSPS) is 11.4. The van der Waals surface area contributed by atoms with E-state index in [1.54, 1.807) is 19.1 Å². The van der Waals surface area contributed by atoms with Crippen LogP contribution in [0.5, 0.6) is 0 Å². The van der Waals surface area contributed by atoms with Crippen LogP contribution in [0.2, 0.25) is 0 Å². The number of rotatable bonds is 2. The summed E-state index contributed by atoms with van der Waals surface area (Å²) in [6.45, 7) is 1.78. The Kier molecular flexibility index (Phi) is 2.80. The second-order valence-corrected chi connectivity index (χ2v) is 2.72. The molecule has 0 atom stereocenters. The summed E-state index contributed by atoms with van der Waals surface area (Å²) < 4.78 is 13.2. The van der Waals surface area contributed by atoms with Crippen molar-refractivity contribution in [1.29, 1.82) is 5.41 Å². The van der Waals surface area contributed by atoms with E-state index < -0.39 is 0 Å². The van der Waals surface area contributed by atoms with Gasteiger partial charge in [0.15, 0.2) is 0 Å². The van der Waals surface area contributed by atoms with Gasteiger partial charge in [-0.2, -0.15) is 0 Å². The average molecular weight is 178 g/mol. The number of halogens is 1. The lowest BCUT2D eigenvalue weighted by Crippen LogP contribution is -2.02. The Morgan fingerprint density at radius 1 is 1.54 bits per heavy atom. The topological polar surface area (TPSA) is 49.9 Å². The third-order valence-electron chi connectivity index (χ3n) is 1.77. The van der Waals surface area contributed by atoms with Gasteiger partial charge in [0.05, 0.1) is 0 Å². The van der Waals surface area contributed by atoms with Gasteiger partial charge < -0.3 is 11.1 Å². The molecule has 0 radical (unpaired) electrons. The zero-order valence-electron chi connectivity index (χ0n) is 7.34. The Morgan fingerprint density at radius 2 is 2.23 bits per heavy atom. The number of hydrogen-bond acceptors (Lipinski definition) is 2. The number of benzene rings is 1. The van der Waals surface area contributed by atoms with Crippen molar-refractivity contribution >= 4 is 11.9 Å². The van der Waals surface area contributed by atoms with Crippen LogP contribution in [0.4, 0.5) is 4.39 Å². The van der Waals surface area contributed by atoms with Gasteiger partial charge in [-0.3, -0.25) is 0 Å². The zero-order valence-corrected chi connectivity index (χ0v) is 7.34. The van der Waals surface area contributed by atoms with Crippen LogP contribution in [-0.2, 0) is 0 Å². The average Bonchev–Trinajstić information content (AvgIpc) is 2.04. The molecule has 0 aliphatic carbocycles. The van der Waals surface area contributed by atoms with Crippen molar-refractivity contribution in [3.8, 4) is 0 Å². The number of aryl methyl sites for hydroxylation is 1. The molecule has 0 aliphatic heterocycles. The number of hydrogen-bond donors (Lipinski definition) is 2. The van der Waals surface area contributed by atoms with E-state index >= 15 is 0 Å². The molecule has 0 fully saturated rings. The van der Waals surface area contributed by atoms with Crippen molar-refractivity contribution in [2.75, 3.05) is 0 Å². The molecule has 68 valence electrons. The Bertz CT molecular complexity index is 336. The lowest BCUT2D eigenvalue weighted by Gasteiger charge is -2.05. The molecule has 0 bridgehead atoms. The highest BCUT2D eigenvalue weighted by atomic mass is 19.1. The minimum absolute atomic E-state index is 0.283. The maximum Gasteiger partial charge on any atom is 0.132 e. The summed E-state index contributed by atoms with van der Waals surface area (Å²) in [4.78, 5) is 0. The maximum absolute atomic E-state index is 13.2. The van der Waals surface area contributed by atoms with Gasteiger partial charge in [0.2, 0.25) is 0 Å². The van der Waals surface area contributed by atoms with Crippen LogP contribution in [0.3, 0.4) is 0 Å². The van der Waals surface area contributed by atoms with Crippen molar-refractivity contribution in [2.45, 2.75) is 6.92 Å². The Hall–Kier alpha value is -1.64. The molecule has 2 nitrogen and oxygen atoms in total. The van der Waals surface area contributed by atoms with Gasteiger partial charge >= 0.3 is 0 Å². The van der Waals surface area contributed by atoms with Gasteiger partial charge in [-0.05, 0) is 24.6 Å². The van der Waals surface area contributed by atoms with Crippen molar-refractivity contribution < 1.29 is 4.39 Å². The highest BCUT2D eigenvalue weighted by molar-refractivity contribution is 5.82. The summed E-state index contributed by atoms with van der Waals surface area (Å²) in [6, 6.07) is 4.77. The van der Waals surface area contributed by atoms with E-state index in [1.165, 1.54) is 12.1 Å². The van der Waals surface area contributed by atoms with Crippen molar-refractivity contribution in [3.63, 3.8) is 0 Å². The van der Waals surface area contributed by atoms with Gasteiger partial charge in [-0.1, -0.05) is 12.1 Å². The summed E-state index contributed by atoms with van der Waals surface area (Å²) in [6.07, 6.45) is 2.41. The molecule has 0 amide bonds.